The van der Waals surface area contributed by atoms with Crippen molar-refractivity contribution in [2.45, 2.75) is 57.4 Å². The molecule has 1 amide bonds. The summed E-state index contributed by atoms with van der Waals surface area (Å²) in [5.74, 6) is 2.66. The summed E-state index contributed by atoms with van der Waals surface area (Å²) in [5, 5.41) is 12.7. The van der Waals surface area contributed by atoms with Crippen LogP contribution in [0.3, 0.4) is 0 Å². The second kappa shape index (κ2) is 5.20. The molecule has 3 fully saturated rings. The summed E-state index contributed by atoms with van der Waals surface area (Å²) in [5.41, 5.74) is 0. The van der Waals surface area contributed by atoms with E-state index in [4.69, 9.17) is 0 Å². The molecule has 3 rings (SSSR count). The van der Waals surface area contributed by atoms with Crippen LogP contribution in [0.1, 0.15) is 51.4 Å². The third-order valence-electron chi connectivity index (χ3n) is 5.63. The fourth-order valence-electron chi connectivity index (χ4n) is 4.27. The van der Waals surface area contributed by atoms with Crippen LogP contribution in [0.5, 0.6) is 0 Å². The van der Waals surface area contributed by atoms with Crippen molar-refractivity contribution in [1.29, 1.82) is 0 Å². The van der Waals surface area contributed by atoms with Crippen molar-refractivity contribution in [2.24, 2.45) is 23.7 Å². The SMILES string of the molecule is O=C(CCC1CCC1)NC1C2CCC(C2)C1CO. The number of aliphatic hydroxyl groups is 1. The highest BCUT2D eigenvalue weighted by Gasteiger charge is 2.47. The molecule has 2 N–H and O–H groups in total. The average Bonchev–Trinajstić information content (AvgIpc) is 2.87. The quantitative estimate of drug-likeness (QED) is 0.786. The van der Waals surface area contributed by atoms with Gasteiger partial charge in [0.15, 0.2) is 0 Å². The van der Waals surface area contributed by atoms with Crippen LogP contribution in [-0.2, 0) is 4.79 Å². The maximum atomic E-state index is 12.0. The Balaban J connectivity index is 1.47. The maximum Gasteiger partial charge on any atom is 0.220 e. The van der Waals surface area contributed by atoms with E-state index in [9.17, 15) is 9.90 Å². The molecule has 18 heavy (non-hydrogen) atoms. The molecular formula is C15H25NO2. The zero-order valence-corrected chi connectivity index (χ0v) is 11.1. The Morgan fingerprint density at radius 2 is 1.94 bits per heavy atom. The number of fused-ring (bicyclic) bond motifs is 2. The molecule has 0 aliphatic heterocycles. The van der Waals surface area contributed by atoms with Gasteiger partial charge in [-0.1, -0.05) is 19.3 Å². The number of amides is 1. The smallest absolute Gasteiger partial charge is 0.220 e. The van der Waals surface area contributed by atoms with Gasteiger partial charge in [-0.05, 0) is 43.4 Å². The summed E-state index contributed by atoms with van der Waals surface area (Å²) >= 11 is 0. The highest BCUT2D eigenvalue weighted by Crippen LogP contribution is 2.48. The maximum absolute atomic E-state index is 12.0. The Kier molecular flexibility index (Phi) is 3.60. The lowest BCUT2D eigenvalue weighted by atomic mass is 9.82. The molecule has 0 spiro atoms. The first kappa shape index (κ1) is 12.5. The van der Waals surface area contributed by atoms with E-state index < -0.39 is 0 Å². The molecule has 0 aromatic heterocycles. The van der Waals surface area contributed by atoms with Crippen LogP contribution in [0.25, 0.3) is 0 Å². The summed E-state index contributed by atoms with van der Waals surface area (Å²) in [4.78, 5) is 12.0. The van der Waals surface area contributed by atoms with Crippen LogP contribution < -0.4 is 5.32 Å². The number of carbonyl (C=O) groups excluding carboxylic acids is 1. The molecule has 4 atom stereocenters. The first-order valence-electron chi connectivity index (χ1n) is 7.68. The first-order chi connectivity index (χ1) is 8.78. The van der Waals surface area contributed by atoms with Crippen LogP contribution >= 0.6 is 0 Å². The average molecular weight is 251 g/mol. The highest BCUT2D eigenvalue weighted by molar-refractivity contribution is 5.76. The third kappa shape index (κ3) is 2.29. The molecule has 0 saturated heterocycles. The number of rotatable bonds is 5. The number of nitrogens with one attached hydrogen (secondary N) is 1. The zero-order chi connectivity index (χ0) is 12.5. The van der Waals surface area contributed by atoms with Crippen LogP contribution in [0.2, 0.25) is 0 Å². The van der Waals surface area contributed by atoms with Crippen molar-refractivity contribution < 1.29 is 9.90 Å². The monoisotopic (exact) mass is 251 g/mol. The van der Waals surface area contributed by atoms with E-state index >= 15 is 0 Å². The molecule has 3 nitrogen and oxygen atoms in total. The summed E-state index contributed by atoms with van der Waals surface area (Å²) in [6.45, 7) is 0.245. The summed E-state index contributed by atoms with van der Waals surface area (Å²) in [7, 11) is 0. The van der Waals surface area contributed by atoms with Crippen LogP contribution in [-0.4, -0.2) is 23.7 Å². The fraction of sp³-hybridized carbons (Fsp3) is 0.933. The van der Waals surface area contributed by atoms with Gasteiger partial charge in [0.05, 0.1) is 0 Å². The Morgan fingerprint density at radius 1 is 1.17 bits per heavy atom. The predicted octanol–water partition coefficient (Wildman–Crippen LogP) is 2.09. The molecule has 0 aromatic carbocycles. The molecule has 0 radical (unpaired) electrons. The van der Waals surface area contributed by atoms with Gasteiger partial charge in [-0.15, -0.1) is 0 Å². The van der Waals surface area contributed by atoms with E-state index in [-0.39, 0.29) is 18.6 Å². The van der Waals surface area contributed by atoms with Gasteiger partial charge in [0.1, 0.15) is 0 Å². The Labute approximate surface area is 109 Å². The largest absolute Gasteiger partial charge is 0.396 e. The van der Waals surface area contributed by atoms with Crippen LogP contribution in [0.15, 0.2) is 0 Å². The standard InChI is InChI=1S/C15H25NO2/c17-9-13-11-5-6-12(8-11)15(13)16-14(18)7-4-10-2-1-3-10/h10-13,15,17H,1-9H2,(H,16,18). The number of hydrogen-bond donors (Lipinski definition) is 2. The molecule has 2 bridgehead atoms. The van der Waals surface area contributed by atoms with Crippen molar-refractivity contribution >= 4 is 5.91 Å². The third-order valence-corrected chi connectivity index (χ3v) is 5.63. The Morgan fingerprint density at radius 3 is 2.61 bits per heavy atom. The molecule has 3 aliphatic carbocycles. The molecule has 0 heterocycles. The number of aliphatic hydroxyl groups excluding tert-OH is 1. The van der Waals surface area contributed by atoms with Crippen LogP contribution in [0, 0.1) is 23.7 Å². The van der Waals surface area contributed by atoms with E-state index in [2.05, 4.69) is 5.32 Å². The second-order valence-electron chi connectivity index (χ2n) is 6.61. The lowest BCUT2D eigenvalue weighted by molar-refractivity contribution is -0.123. The van der Waals surface area contributed by atoms with Gasteiger partial charge >= 0.3 is 0 Å². The van der Waals surface area contributed by atoms with Gasteiger partial charge in [-0.2, -0.15) is 0 Å². The molecule has 4 unspecified atom stereocenters. The molecule has 3 heteroatoms. The molecule has 3 saturated carbocycles. The summed E-state index contributed by atoms with van der Waals surface area (Å²) < 4.78 is 0. The highest BCUT2D eigenvalue weighted by atomic mass is 16.3. The Bertz CT molecular complexity index is 314. The van der Waals surface area contributed by atoms with Gasteiger partial charge in [0.25, 0.3) is 0 Å². The van der Waals surface area contributed by atoms with Crippen molar-refractivity contribution in [3.63, 3.8) is 0 Å². The predicted molar refractivity (Wildman–Crippen MR) is 69.9 cm³/mol. The molecule has 102 valence electrons. The van der Waals surface area contributed by atoms with Crippen molar-refractivity contribution in [1.82, 2.24) is 5.32 Å². The van der Waals surface area contributed by atoms with Crippen molar-refractivity contribution in [3.05, 3.63) is 0 Å². The van der Waals surface area contributed by atoms with E-state index in [0.717, 1.165) is 12.3 Å². The fourth-order valence-corrected chi connectivity index (χ4v) is 4.27. The minimum atomic E-state index is 0.220. The topological polar surface area (TPSA) is 49.3 Å². The molecule has 3 aliphatic rings. The first-order valence-corrected chi connectivity index (χ1v) is 7.68. The van der Waals surface area contributed by atoms with E-state index in [1.54, 1.807) is 0 Å². The van der Waals surface area contributed by atoms with Gasteiger partial charge in [0.2, 0.25) is 5.91 Å². The number of carbonyl (C=O) groups is 1. The Hall–Kier alpha value is -0.570. The number of hydrogen-bond acceptors (Lipinski definition) is 2. The normalized spacial score (nSPS) is 38.7. The van der Waals surface area contributed by atoms with Gasteiger partial charge in [-0.25, -0.2) is 0 Å². The van der Waals surface area contributed by atoms with Crippen LogP contribution in [0.4, 0.5) is 0 Å². The minimum absolute atomic E-state index is 0.220. The van der Waals surface area contributed by atoms with Gasteiger partial charge in [0, 0.05) is 25.0 Å². The van der Waals surface area contributed by atoms with E-state index in [1.165, 1.54) is 38.5 Å². The van der Waals surface area contributed by atoms with Gasteiger partial charge < -0.3 is 10.4 Å². The van der Waals surface area contributed by atoms with E-state index in [0.29, 0.717) is 24.2 Å². The lowest BCUT2D eigenvalue weighted by Crippen LogP contribution is -2.45. The summed E-state index contributed by atoms with van der Waals surface area (Å²) in [6, 6.07) is 0.266. The summed E-state index contributed by atoms with van der Waals surface area (Å²) in [6.07, 6.45) is 9.47. The molecule has 0 aromatic rings. The van der Waals surface area contributed by atoms with Crippen molar-refractivity contribution in [2.75, 3.05) is 6.61 Å². The van der Waals surface area contributed by atoms with E-state index in [1.807, 2.05) is 0 Å². The molecular weight excluding hydrogens is 226 g/mol. The second-order valence-corrected chi connectivity index (χ2v) is 6.61. The minimum Gasteiger partial charge on any atom is -0.396 e. The zero-order valence-electron chi connectivity index (χ0n) is 11.1. The van der Waals surface area contributed by atoms with Gasteiger partial charge in [-0.3, -0.25) is 4.79 Å². The lowest BCUT2D eigenvalue weighted by Gasteiger charge is -2.31. The van der Waals surface area contributed by atoms with Crippen molar-refractivity contribution in [3.8, 4) is 0 Å².